The van der Waals surface area contributed by atoms with Crippen molar-refractivity contribution in [3.63, 3.8) is 0 Å². The number of thiophene rings is 1. The van der Waals surface area contributed by atoms with Gasteiger partial charge in [-0.15, -0.1) is 11.3 Å². The number of carbonyl (C=O) groups excluding carboxylic acids is 1. The summed E-state index contributed by atoms with van der Waals surface area (Å²) < 4.78 is 27.0. The molecule has 0 spiro atoms. The summed E-state index contributed by atoms with van der Waals surface area (Å²) in [6, 6.07) is 6.94. The summed E-state index contributed by atoms with van der Waals surface area (Å²) in [4.78, 5) is 10.8. The lowest BCUT2D eigenvalue weighted by Gasteiger charge is -2.11. The number of halogens is 1. The normalized spacial score (nSPS) is 11.3. The van der Waals surface area contributed by atoms with E-state index in [-0.39, 0.29) is 15.5 Å². The first-order chi connectivity index (χ1) is 9.29. The molecule has 0 bridgehead atoms. The van der Waals surface area contributed by atoms with Gasteiger partial charge in [-0.05, 0) is 36.2 Å². The SMILES string of the molecule is Cc1ccc(C(=O)[O-])cc1NS(=O)(=O)c1ccc(Cl)s1. The van der Waals surface area contributed by atoms with Crippen LogP contribution in [0.4, 0.5) is 5.69 Å². The molecule has 0 aliphatic rings. The van der Waals surface area contributed by atoms with Gasteiger partial charge in [0.25, 0.3) is 10.0 Å². The van der Waals surface area contributed by atoms with Gasteiger partial charge in [0.2, 0.25) is 0 Å². The van der Waals surface area contributed by atoms with Crippen LogP contribution in [-0.2, 0) is 10.0 Å². The second-order valence-electron chi connectivity index (χ2n) is 3.98. The third-order valence-electron chi connectivity index (χ3n) is 2.53. The third kappa shape index (κ3) is 3.12. The number of rotatable bonds is 4. The van der Waals surface area contributed by atoms with E-state index in [1.54, 1.807) is 6.92 Å². The first-order valence-corrected chi connectivity index (χ1v) is 8.07. The van der Waals surface area contributed by atoms with Gasteiger partial charge >= 0.3 is 0 Å². The Hall–Kier alpha value is -1.57. The number of carbonyl (C=O) groups is 1. The van der Waals surface area contributed by atoms with Gasteiger partial charge in [-0.25, -0.2) is 8.42 Å². The molecule has 20 heavy (non-hydrogen) atoms. The number of carboxylic acid groups (broad SMARTS) is 1. The summed E-state index contributed by atoms with van der Waals surface area (Å²) in [6.45, 7) is 1.66. The van der Waals surface area contributed by atoms with Crippen molar-refractivity contribution < 1.29 is 18.3 Å². The predicted octanol–water partition coefficient (Wildman–Crippen LogP) is 1.87. The van der Waals surface area contributed by atoms with Crippen molar-refractivity contribution in [3.8, 4) is 0 Å². The third-order valence-corrected chi connectivity index (χ3v) is 5.62. The quantitative estimate of drug-likeness (QED) is 0.927. The largest absolute Gasteiger partial charge is 0.545 e. The maximum absolute atomic E-state index is 12.1. The molecule has 0 radical (unpaired) electrons. The molecule has 0 unspecified atom stereocenters. The Morgan fingerprint density at radius 3 is 2.55 bits per heavy atom. The maximum atomic E-state index is 12.1. The number of nitrogens with one attached hydrogen (secondary N) is 1. The molecule has 1 N–H and O–H groups in total. The van der Waals surface area contributed by atoms with Crippen LogP contribution in [0.1, 0.15) is 15.9 Å². The summed E-state index contributed by atoms with van der Waals surface area (Å²) in [7, 11) is -3.79. The number of benzene rings is 1. The van der Waals surface area contributed by atoms with Crippen LogP contribution in [0, 0.1) is 6.92 Å². The fourth-order valence-corrected chi connectivity index (χ4v) is 4.10. The van der Waals surface area contributed by atoms with E-state index in [9.17, 15) is 18.3 Å². The molecule has 8 heteroatoms. The van der Waals surface area contributed by atoms with Crippen molar-refractivity contribution in [2.75, 3.05) is 4.72 Å². The minimum Gasteiger partial charge on any atom is -0.545 e. The van der Waals surface area contributed by atoms with E-state index < -0.39 is 16.0 Å². The van der Waals surface area contributed by atoms with E-state index >= 15 is 0 Å². The molecular formula is C12H9ClNO4S2-. The van der Waals surface area contributed by atoms with Crippen molar-refractivity contribution in [3.05, 3.63) is 45.8 Å². The monoisotopic (exact) mass is 330 g/mol. The molecule has 0 aliphatic carbocycles. The zero-order valence-corrected chi connectivity index (χ0v) is 12.6. The minimum atomic E-state index is -3.79. The number of anilines is 1. The Balaban J connectivity index is 2.39. The summed E-state index contributed by atoms with van der Waals surface area (Å²) in [5.74, 6) is -1.37. The van der Waals surface area contributed by atoms with Gasteiger partial charge in [-0.1, -0.05) is 23.7 Å². The molecule has 106 valence electrons. The topological polar surface area (TPSA) is 86.3 Å². The Labute approximate surface area is 124 Å². The van der Waals surface area contributed by atoms with Crippen molar-refractivity contribution in [2.45, 2.75) is 11.1 Å². The van der Waals surface area contributed by atoms with Crippen LogP contribution < -0.4 is 9.83 Å². The number of sulfonamides is 1. The molecule has 1 heterocycles. The fraction of sp³-hybridized carbons (Fsp3) is 0.0833. The Kier molecular flexibility index (Phi) is 4.03. The van der Waals surface area contributed by atoms with Crippen molar-refractivity contribution >= 4 is 44.6 Å². The fourth-order valence-electron chi connectivity index (χ4n) is 1.50. The molecule has 0 amide bonds. The summed E-state index contributed by atoms with van der Waals surface area (Å²) in [5, 5.41) is 10.8. The second-order valence-corrected chi connectivity index (χ2v) is 7.61. The smallest absolute Gasteiger partial charge is 0.271 e. The first-order valence-electron chi connectivity index (χ1n) is 5.40. The molecule has 2 aromatic rings. The Bertz CT molecular complexity index is 768. The van der Waals surface area contributed by atoms with Crippen molar-refractivity contribution in [1.82, 2.24) is 0 Å². The van der Waals surface area contributed by atoms with Gasteiger partial charge in [0.05, 0.1) is 16.0 Å². The van der Waals surface area contributed by atoms with Crippen LogP contribution in [0.15, 0.2) is 34.5 Å². The highest BCUT2D eigenvalue weighted by molar-refractivity contribution is 7.94. The van der Waals surface area contributed by atoms with Crippen LogP contribution in [0.3, 0.4) is 0 Å². The van der Waals surface area contributed by atoms with Gasteiger partial charge in [0, 0.05) is 0 Å². The van der Waals surface area contributed by atoms with Gasteiger partial charge in [-0.3, -0.25) is 4.72 Å². The average molecular weight is 331 g/mol. The standard InChI is InChI=1S/C12H10ClNO4S2/c1-7-2-3-8(12(15)16)6-9(7)14-20(17,18)11-5-4-10(13)19-11/h2-6,14H,1H3,(H,15,16)/p-1. The van der Waals surface area contributed by atoms with Crippen molar-refractivity contribution in [2.24, 2.45) is 0 Å². The van der Waals surface area contributed by atoms with E-state index in [1.165, 1.54) is 30.3 Å². The zero-order chi connectivity index (χ0) is 14.9. The molecule has 0 atom stereocenters. The molecule has 0 aliphatic heterocycles. The molecule has 2 rings (SSSR count). The summed E-state index contributed by atoms with van der Waals surface area (Å²) in [5.41, 5.74) is 0.690. The number of aryl methyl sites for hydroxylation is 1. The van der Waals surface area contributed by atoms with E-state index in [0.717, 1.165) is 11.3 Å². The first kappa shape index (κ1) is 14.8. The van der Waals surface area contributed by atoms with Gasteiger partial charge in [0.1, 0.15) is 4.21 Å². The highest BCUT2D eigenvalue weighted by Crippen LogP contribution is 2.28. The second kappa shape index (κ2) is 5.43. The number of hydrogen-bond acceptors (Lipinski definition) is 5. The van der Waals surface area contributed by atoms with Crippen LogP contribution in [0.5, 0.6) is 0 Å². The lowest BCUT2D eigenvalue weighted by molar-refractivity contribution is -0.255. The summed E-state index contributed by atoms with van der Waals surface area (Å²) >= 11 is 6.62. The van der Waals surface area contributed by atoms with Crippen LogP contribution in [0.2, 0.25) is 4.34 Å². The van der Waals surface area contributed by atoms with Crippen LogP contribution in [0.25, 0.3) is 0 Å². The molecule has 1 aromatic heterocycles. The maximum Gasteiger partial charge on any atom is 0.271 e. The van der Waals surface area contributed by atoms with Gasteiger partial charge in [-0.2, -0.15) is 0 Å². The van der Waals surface area contributed by atoms with Crippen LogP contribution >= 0.6 is 22.9 Å². The zero-order valence-electron chi connectivity index (χ0n) is 10.2. The van der Waals surface area contributed by atoms with E-state index in [2.05, 4.69) is 4.72 Å². The number of hydrogen-bond donors (Lipinski definition) is 1. The molecular weight excluding hydrogens is 322 g/mol. The minimum absolute atomic E-state index is 0.0563. The Morgan fingerprint density at radius 1 is 1.30 bits per heavy atom. The Morgan fingerprint density at radius 2 is 2.00 bits per heavy atom. The summed E-state index contributed by atoms with van der Waals surface area (Å²) in [6.07, 6.45) is 0. The van der Waals surface area contributed by atoms with Crippen LogP contribution in [-0.4, -0.2) is 14.4 Å². The van der Waals surface area contributed by atoms with E-state index in [0.29, 0.717) is 9.90 Å². The van der Waals surface area contributed by atoms with Gasteiger partial charge < -0.3 is 9.90 Å². The van der Waals surface area contributed by atoms with E-state index in [1.807, 2.05) is 0 Å². The highest BCUT2D eigenvalue weighted by Gasteiger charge is 2.17. The molecule has 0 saturated heterocycles. The average Bonchev–Trinajstić information content (AvgIpc) is 2.79. The number of carboxylic acids is 1. The van der Waals surface area contributed by atoms with Crippen molar-refractivity contribution in [1.29, 1.82) is 0 Å². The highest BCUT2D eigenvalue weighted by atomic mass is 35.5. The van der Waals surface area contributed by atoms with E-state index in [4.69, 9.17) is 11.6 Å². The number of aromatic carboxylic acids is 1. The molecule has 1 aromatic carbocycles. The molecule has 0 fully saturated rings. The predicted molar refractivity (Wildman–Crippen MR) is 75.6 cm³/mol. The molecule has 0 saturated carbocycles. The lowest BCUT2D eigenvalue weighted by atomic mass is 10.1. The van der Waals surface area contributed by atoms with Gasteiger partial charge in [0.15, 0.2) is 0 Å². The lowest BCUT2D eigenvalue weighted by Crippen LogP contribution is -2.22. The molecule has 5 nitrogen and oxygen atoms in total.